The van der Waals surface area contributed by atoms with Gasteiger partial charge in [0, 0.05) is 13.1 Å². The van der Waals surface area contributed by atoms with Crippen molar-refractivity contribution in [3.05, 3.63) is 29.8 Å². The molecule has 26 heavy (non-hydrogen) atoms. The van der Waals surface area contributed by atoms with Gasteiger partial charge in [0.25, 0.3) is 0 Å². The van der Waals surface area contributed by atoms with E-state index in [1.54, 1.807) is 24.3 Å². The molecule has 2 fully saturated rings. The standard InChI is InChI=1S/C19H25NO5S/c1-24-19(23)12-4-3-5-15(6-12)25-17-8-14-10-20(18(22)11-26-2)9-13(14)7-16(17)21/h3-6,13-14,16-17,21H,7-11H2,1-2H3/t13-,14+,16+,17+/m0/s1. The monoisotopic (exact) mass is 379 g/mol. The van der Waals surface area contributed by atoms with E-state index in [0.29, 0.717) is 41.7 Å². The molecule has 2 aliphatic rings. The maximum Gasteiger partial charge on any atom is 0.337 e. The summed E-state index contributed by atoms with van der Waals surface area (Å²) in [5.74, 6) is 1.48. The summed E-state index contributed by atoms with van der Waals surface area (Å²) in [5, 5.41) is 10.5. The highest BCUT2D eigenvalue weighted by Crippen LogP contribution is 2.38. The Hall–Kier alpha value is -1.73. The first-order valence-electron chi connectivity index (χ1n) is 8.81. The van der Waals surface area contributed by atoms with E-state index in [9.17, 15) is 14.7 Å². The zero-order valence-electron chi connectivity index (χ0n) is 15.1. The Balaban J connectivity index is 1.64. The van der Waals surface area contributed by atoms with Crippen LogP contribution in [0.1, 0.15) is 23.2 Å². The van der Waals surface area contributed by atoms with Crippen LogP contribution < -0.4 is 4.74 Å². The lowest BCUT2D eigenvalue weighted by Gasteiger charge is -2.35. The number of aliphatic hydroxyl groups excluding tert-OH is 1. The molecule has 1 aromatic rings. The number of thioether (sulfide) groups is 1. The van der Waals surface area contributed by atoms with Crippen LogP contribution in [-0.4, -0.2) is 66.3 Å². The number of rotatable bonds is 5. The minimum atomic E-state index is -0.575. The van der Waals surface area contributed by atoms with E-state index < -0.39 is 12.1 Å². The SMILES string of the molecule is COC(=O)c1cccc(O[C@@H]2C[C@@H]3CN(C(=O)CSC)C[C@@H]3C[C@H]2O)c1. The van der Waals surface area contributed by atoms with Crippen molar-refractivity contribution < 1.29 is 24.2 Å². The van der Waals surface area contributed by atoms with Crippen LogP contribution in [0.3, 0.4) is 0 Å². The summed E-state index contributed by atoms with van der Waals surface area (Å²) in [6.45, 7) is 1.46. The number of likely N-dealkylation sites (tertiary alicyclic amines) is 1. The summed E-state index contributed by atoms with van der Waals surface area (Å²) in [7, 11) is 1.34. The van der Waals surface area contributed by atoms with E-state index in [1.807, 2.05) is 11.2 Å². The number of nitrogens with zero attached hydrogens (tertiary/aromatic N) is 1. The Kier molecular flexibility index (Phi) is 6.09. The lowest BCUT2D eigenvalue weighted by Crippen LogP contribution is -2.42. The van der Waals surface area contributed by atoms with Crippen molar-refractivity contribution in [2.45, 2.75) is 25.0 Å². The van der Waals surface area contributed by atoms with Crippen molar-refractivity contribution in [2.75, 3.05) is 32.2 Å². The molecule has 1 saturated carbocycles. The first-order valence-corrected chi connectivity index (χ1v) is 10.2. The Morgan fingerprint density at radius 2 is 2.00 bits per heavy atom. The van der Waals surface area contributed by atoms with Crippen molar-refractivity contribution >= 4 is 23.6 Å². The van der Waals surface area contributed by atoms with Crippen molar-refractivity contribution in [1.29, 1.82) is 0 Å². The van der Waals surface area contributed by atoms with Crippen LogP contribution in [0.25, 0.3) is 0 Å². The number of carbonyl (C=O) groups is 2. The van der Waals surface area contributed by atoms with Gasteiger partial charge in [-0.1, -0.05) is 6.07 Å². The van der Waals surface area contributed by atoms with Crippen LogP contribution in [-0.2, 0) is 9.53 Å². The second-order valence-electron chi connectivity index (χ2n) is 6.97. The fraction of sp³-hybridized carbons (Fsp3) is 0.579. The number of aliphatic hydroxyl groups is 1. The number of esters is 1. The van der Waals surface area contributed by atoms with Gasteiger partial charge in [0.15, 0.2) is 0 Å². The first kappa shape index (κ1) is 19.0. The van der Waals surface area contributed by atoms with Gasteiger partial charge >= 0.3 is 5.97 Å². The number of hydrogen-bond acceptors (Lipinski definition) is 6. The van der Waals surface area contributed by atoms with E-state index in [1.165, 1.54) is 18.9 Å². The van der Waals surface area contributed by atoms with Gasteiger partial charge in [0.2, 0.25) is 5.91 Å². The molecule has 0 radical (unpaired) electrons. The molecule has 4 atom stereocenters. The molecule has 142 valence electrons. The topological polar surface area (TPSA) is 76.1 Å². The van der Waals surface area contributed by atoms with Crippen molar-refractivity contribution in [3.63, 3.8) is 0 Å². The van der Waals surface area contributed by atoms with Crippen LogP contribution in [0.15, 0.2) is 24.3 Å². The molecule has 1 saturated heterocycles. The Bertz CT molecular complexity index is 667. The summed E-state index contributed by atoms with van der Waals surface area (Å²) >= 11 is 1.54. The van der Waals surface area contributed by atoms with E-state index in [4.69, 9.17) is 9.47 Å². The molecule has 1 aliphatic carbocycles. The van der Waals surface area contributed by atoms with Crippen molar-refractivity contribution in [3.8, 4) is 5.75 Å². The molecule has 1 N–H and O–H groups in total. The largest absolute Gasteiger partial charge is 0.488 e. The molecule has 0 aromatic heterocycles. The second-order valence-corrected chi connectivity index (χ2v) is 7.83. The van der Waals surface area contributed by atoms with Gasteiger partial charge in [-0.05, 0) is 49.1 Å². The highest BCUT2D eigenvalue weighted by molar-refractivity contribution is 7.99. The molecular formula is C19H25NO5S. The summed E-state index contributed by atoms with van der Waals surface area (Å²) in [5.41, 5.74) is 0.419. The summed E-state index contributed by atoms with van der Waals surface area (Å²) < 4.78 is 10.7. The van der Waals surface area contributed by atoms with Gasteiger partial charge in [0.1, 0.15) is 11.9 Å². The molecule has 1 heterocycles. The Morgan fingerprint density at radius 1 is 1.27 bits per heavy atom. The number of carbonyl (C=O) groups excluding carboxylic acids is 2. The van der Waals surface area contributed by atoms with Crippen LogP contribution in [0.2, 0.25) is 0 Å². The third kappa shape index (κ3) is 4.15. The number of benzene rings is 1. The molecule has 3 rings (SSSR count). The molecule has 7 heteroatoms. The van der Waals surface area contributed by atoms with Crippen molar-refractivity contribution in [1.82, 2.24) is 4.90 Å². The molecule has 0 unspecified atom stereocenters. The summed E-state index contributed by atoms with van der Waals surface area (Å²) in [4.78, 5) is 25.7. The molecule has 1 aromatic carbocycles. The fourth-order valence-corrected chi connectivity index (χ4v) is 4.35. The second kappa shape index (κ2) is 8.31. The number of ether oxygens (including phenoxy) is 2. The van der Waals surface area contributed by atoms with E-state index in [0.717, 1.165) is 13.1 Å². The molecular weight excluding hydrogens is 354 g/mol. The average molecular weight is 379 g/mol. The van der Waals surface area contributed by atoms with Crippen LogP contribution in [0.5, 0.6) is 5.75 Å². The number of amides is 1. The minimum Gasteiger partial charge on any atom is -0.488 e. The summed E-state index contributed by atoms with van der Waals surface area (Å²) in [6.07, 6.45) is 2.36. The normalized spacial score (nSPS) is 27.7. The number of fused-ring (bicyclic) bond motifs is 1. The van der Waals surface area contributed by atoms with E-state index >= 15 is 0 Å². The smallest absolute Gasteiger partial charge is 0.337 e. The van der Waals surface area contributed by atoms with Gasteiger partial charge in [0.05, 0.1) is 24.5 Å². The van der Waals surface area contributed by atoms with Crippen LogP contribution >= 0.6 is 11.8 Å². The Morgan fingerprint density at radius 3 is 2.69 bits per heavy atom. The van der Waals surface area contributed by atoms with Gasteiger partial charge in [-0.25, -0.2) is 4.79 Å². The van der Waals surface area contributed by atoms with E-state index in [2.05, 4.69) is 0 Å². The third-order valence-electron chi connectivity index (χ3n) is 5.25. The Labute approximate surface area is 157 Å². The third-order valence-corrected chi connectivity index (χ3v) is 5.78. The van der Waals surface area contributed by atoms with Gasteiger partial charge in [-0.3, -0.25) is 4.79 Å². The van der Waals surface area contributed by atoms with Gasteiger partial charge in [-0.15, -0.1) is 0 Å². The van der Waals surface area contributed by atoms with Crippen LogP contribution in [0.4, 0.5) is 0 Å². The molecule has 6 nitrogen and oxygen atoms in total. The number of hydrogen-bond donors (Lipinski definition) is 1. The summed E-state index contributed by atoms with van der Waals surface area (Å²) in [6, 6.07) is 6.80. The maximum atomic E-state index is 12.1. The van der Waals surface area contributed by atoms with Gasteiger partial charge in [-0.2, -0.15) is 11.8 Å². The lowest BCUT2D eigenvalue weighted by atomic mass is 9.78. The quantitative estimate of drug-likeness (QED) is 0.787. The van der Waals surface area contributed by atoms with Crippen LogP contribution in [0, 0.1) is 11.8 Å². The molecule has 1 aliphatic heterocycles. The minimum absolute atomic E-state index is 0.171. The maximum absolute atomic E-state index is 12.1. The van der Waals surface area contributed by atoms with E-state index in [-0.39, 0.29) is 12.0 Å². The number of methoxy groups -OCH3 is 1. The fourth-order valence-electron chi connectivity index (χ4n) is 3.92. The molecule has 0 spiro atoms. The average Bonchev–Trinajstić information content (AvgIpc) is 3.04. The lowest BCUT2D eigenvalue weighted by molar-refractivity contribution is -0.127. The highest BCUT2D eigenvalue weighted by atomic mass is 32.2. The first-order chi connectivity index (χ1) is 12.5. The highest BCUT2D eigenvalue weighted by Gasteiger charge is 2.43. The zero-order valence-corrected chi connectivity index (χ0v) is 15.9. The molecule has 1 amide bonds. The zero-order chi connectivity index (χ0) is 18.7. The van der Waals surface area contributed by atoms with Gasteiger partial charge < -0.3 is 19.5 Å². The molecule has 0 bridgehead atoms. The van der Waals surface area contributed by atoms with Crippen molar-refractivity contribution in [2.24, 2.45) is 11.8 Å². The predicted molar refractivity (Wildman–Crippen MR) is 99.4 cm³/mol. The predicted octanol–water partition coefficient (Wildman–Crippen LogP) is 1.81.